The molecule has 0 aliphatic carbocycles. The Hall–Kier alpha value is -5.16. The van der Waals surface area contributed by atoms with Crippen LogP contribution in [-0.4, -0.2) is 26.2 Å². The van der Waals surface area contributed by atoms with Crippen LogP contribution < -0.4 is 68.8 Å². The maximum absolute atomic E-state index is 3.83. The number of benzene rings is 6. The van der Waals surface area contributed by atoms with Crippen LogP contribution in [0.25, 0.3) is 0 Å². The van der Waals surface area contributed by atoms with Crippen LogP contribution in [0.3, 0.4) is 0 Å². The molecule has 0 fully saturated rings. The van der Waals surface area contributed by atoms with Crippen molar-refractivity contribution in [2.45, 2.75) is 51.9 Å². The van der Waals surface area contributed by atoms with Gasteiger partial charge >= 0.3 is 0 Å². The van der Waals surface area contributed by atoms with Crippen molar-refractivity contribution in [1.29, 1.82) is 0 Å². The summed E-state index contributed by atoms with van der Waals surface area (Å²) >= 11 is 0. The topological polar surface area (TPSA) is 332 Å². The lowest BCUT2D eigenvalue weighted by atomic mass is 10.1. The van der Waals surface area contributed by atoms with E-state index in [-0.39, 0.29) is 0 Å². The van der Waals surface area contributed by atoms with Crippen molar-refractivity contribution in [3.8, 4) is 0 Å². The maximum atomic E-state index is 3.83. The number of hydrogen-bond acceptors (Lipinski definition) is 0. The van der Waals surface area contributed by atoms with Crippen molar-refractivity contribution < 1.29 is 68.8 Å². The maximum Gasteiger partial charge on any atom is 0.128 e. The minimum Gasteiger partial charge on any atom is -0.357 e. The molecule has 0 saturated heterocycles. The molecule has 6 aromatic carbocycles. The van der Waals surface area contributed by atoms with Crippen molar-refractivity contribution in [2.75, 3.05) is 26.2 Å². The molecular formula is C48H84N12+12. The monoisotopic (exact) mass is 829 g/mol. The average molecular weight is 829 g/mol. The molecule has 0 heterocycles. The van der Waals surface area contributed by atoms with Gasteiger partial charge < -0.3 is 68.8 Å². The fourth-order valence-corrected chi connectivity index (χ4v) is 5.39. The van der Waals surface area contributed by atoms with Crippen LogP contribution in [0, 0.1) is 0 Å². The molecule has 0 bridgehead atoms. The molecule has 60 heavy (non-hydrogen) atoms. The smallest absolute Gasteiger partial charge is 0.128 e. The molecule has 12 heteroatoms. The summed E-state index contributed by atoms with van der Waals surface area (Å²) in [5.74, 6) is 0. The van der Waals surface area contributed by atoms with Gasteiger partial charge in [-0.2, -0.15) is 0 Å². The largest absolute Gasteiger partial charge is 0.357 e. The van der Waals surface area contributed by atoms with E-state index in [1.54, 1.807) is 0 Å². The highest BCUT2D eigenvalue weighted by molar-refractivity contribution is 5.37. The third-order valence-corrected chi connectivity index (χ3v) is 9.15. The summed E-state index contributed by atoms with van der Waals surface area (Å²) in [6.45, 7) is 7.39. The van der Waals surface area contributed by atoms with E-state index in [1.807, 2.05) is 48.5 Å². The molecule has 0 amide bonds. The zero-order valence-corrected chi connectivity index (χ0v) is 36.8. The second-order valence-electron chi connectivity index (χ2n) is 14.3. The van der Waals surface area contributed by atoms with Gasteiger partial charge in [-0.05, 0) is 58.7 Å². The van der Waals surface area contributed by atoms with E-state index >= 15 is 0 Å². The third kappa shape index (κ3) is 25.4. The molecule has 6 rings (SSSR count). The van der Waals surface area contributed by atoms with Gasteiger partial charge in [-0.25, -0.2) is 0 Å². The van der Waals surface area contributed by atoms with Crippen molar-refractivity contribution >= 4 is 22.7 Å². The molecule has 36 N–H and O–H groups in total. The predicted octanol–water partition coefficient (Wildman–Crippen LogP) is -4.28. The summed E-state index contributed by atoms with van der Waals surface area (Å²) in [6.07, 6.45) is 4.33. The van der Waals surface area contributed by atoms with Crippen LogP contribution in [0.2, 0.25) is 0 Å². The van der Waals surface area contributed by atoms with Crippen LogP contribution in [0.1, 0.15) is 44.5 Å². The Morgan fingerprint density at radius 3 is 0.500 bits per heavy atom. The van der Waals surface area contributed by atoms with Crippen molar-refractivity contribution in [2.24, 2.45) is 0 Å². The van der Waals surface area contributed by atoms with Crippen LogP contribution in [0.4, 0.5) is 22.7 Å². The first-order chi connectivity index (χ1) is 29.0. The molecule has 0 spiro atoms. The Balaban J connectivity index is 0.000000361. The zero-order chi connectivity index (χ0) is 44.4. The van der Waals surface area contributed by atoms with Crippen LogP contribution in [0.5, 0.6) is 0 Å². The number of rotatable bonds is 12. The van der Waals surface area contributed by atoms with Gasteiger partial charge in [-0.3, -0.25) is 0 Å². The van der Waals surface area contributed by atoms with Crippen molar-refractivity contribution in [1.82, 2.24) is 0 Å². The normalized spacial score (nSPS) is 9.80. The highest BCUT2D eigenvalue weighted by atomic mass is 14.6. The fraction of sp³-hybridized carbons (Fsp3) is 0.250. The zero-order valence-electron chi connectivity index (χ0n) is 36.8. The first-order valence-corrected chi connectivity index (χ1v) is 21.2. The standard InChI is InChI=1S/C10H16N2.C9H14N2.2C8H12N2.C7H10N2.C6H8N2/c11-7-5-9-1-2-10(4-3-9)6-8-12;10-6-5-8-1-3-9(7-11)4-2-8;9-6-5-7-1-3-8(10)4-2-7;9-5-7-1-2-8(6-10)4-3-7;8-5-6-1-3-7(9)4-2-6;7-5-1-2-6(8)4-3-5/h1-4H,5-8,11-12H2;1-4H,5-7,10-11H2;2*1-4H,5-6,9-10H2;1-4H,5,8-9H2;1-4H,7-8H2/p+12. The molecule has 0 aliphatic heterocycles. The van der Waals surface area contributed by atoms with Gasteiger partial charge in [0.2, 0.25) is 0 Å². The Bertz CT molecular complexity index is 1810. The summed E-state index contributed by atoms with van der Waals surface area (Å²) in [5.41, 5.74) is 60.3. The van der Waals surface area contributed by atoms with Crippen LogP contribution in [0.15, 0.2) is 146 Å². The molecule has 12 nitrogen and oxygen atoms in total. The second kappa shape index (κ2) is 33.6. The highest BCUT2D eigenvalue weighted by Crippen LogP contribution is 2.06. The molecule has 0 atom stereocenters. The lowest BCUT2D eigenvalue weighted by molar-refractivity contribution is -0.387. The Morgan fingerprint density at radius 1 is 0.200 bits per heavy atom. The van der Waals surface area contributed by atoms with Crippen molar-refractivity contribution in [3.05, 3.63) is 190 Å². The Kier molecular flexibility index (Phi) is 29.6. The number of quaternary nitrogens is 12. The van der Waals surface area contributed by atoms with Gasteiger partial charge in [0.25, 0.3) is 0 Å². The lowest BCUT2D eigenvalue weighted by Crippen LogP contribution is -2.51. The summed E-state index contributed by atoms with van der Waals surface area (Å²) in [7, 11) is 0. The molecule has 0 aromatic heterocycles. The van der Waals surface area contributed by atoms with Gasteiger partial charge in [0.15, 0.2) is 0 Å². The number of hydrogen-bond donors (Lipinski definition) is 12. The van der Waals surface area contributed by atoms with E-state index in [1.165, 1.54) is 44.5 Å². The predicted molar refractivity (Wildman–Crippen MR) is 241 cm³/mol. The van der Waals surface area contributed by atoms with E-state index < -0.39 is 0 Å². The third-order valence-electron chi connectivity index (χ3n) is 9.15. The summed E-state index contributed by atoms with van der Waals surface area (Å²) in [5, 5.41) is 0. The van der Waals surface area contributed by atoms with Crippen LogP contribution >= 0.6 is 0 Å². The SMILES string of the molecule is [NH3+]CCc1ccc(CC[NH3+])cc1.[NH3+]CCc1ccc(C[NH3+])cc1.[NH3+]CCc1ccc([NH3+])cc1.[NH3+]Cc1ccc(C[NH3+])cc1.[NH3+]Cc1ccc([NH3+])cc1.[NH3+]c1ccc([NH3+])cc1. The Labute approximate surface area is 358 Å². The molecule has 324 valence electrons. The van der Waals surface area contributed by atoms with Gasteiger partial charge in [0.1, 0.15) is 22.7 Å². The Morgan fingerprint density at radius 2 is 0.333 bits per heavy atom. The summed E-state index contributed by atoms with van der Waals surface area (Å²) in [4.78, 5) is 0. The van der Waals surface area contributed by atoms with Crippen LogP contribution in [-0.2, 0) is 51.9 Å². The van der Waals surface area contributed by atoms with Gasteiger partial charge in [0.05, 0.1) is 52.4 Å². The summed E-state index contributed by atoms with van der Waals surface area (Å²) < 4.78 is 0. The molecule has 0 aliphatic rings. The van der Waals surface area contributed by atoms with Gasteiger partial charge in [0, 0.05) is 72.2 Å². The van der Waals surface area contributed by atoms with Crippen molar-refractivity contribution in [3.63, 3.8) is 0 Å². The van der Waals surface area contributed by atoms with E-state index in [4.69, 9.17) is 0 Å². The fourth-order valence-electron chi connectivity index (χ4n) is 5.39. The average Bonchev–Trinajstić information content (AvgIpc) is 3.28. The highest BCUT2D eigenvalue weighted by Gasteiger charge is 1.96. The van der Waals surface area contributed by atoms with Gasteiger partial charge in [-0.15, -0.1) is 0 Å². The van der Waals surface area contributed by atoms with E-state index in [9.17, 15) is 0 Å². The summed E-state index contributed by atoms with van der Waals surface area (Å²) in [6, 6.07) is 49.9. The van der Waals surface area contributed by atoms with E-state index in [0.717, 1.165) is 101 Å². The van der Waals surface area contributed by atoms with E-state index in [0.29, 0.717) is 0 Å². The molecule has 6 aromatic rings. The first kappa shape index (κ1) is 52.9. The minimum absolute atomic E-state index is 0.861. The quantitative estimate of drug-likeness (QED) is 0.0558. The second-order valence-corrected chi connectivity index (χ2v) is 14.3. The lowest BCUT2D eigenvalue weighted by Gasteiger charge is -1.99. The molecule has 0 unspecified atom stereocenters. The minimum atomic E-state index is 0.861. The molecular weight excluding hydrogens is 745 g/mol. The molecule has 0 radical (unpaired) electrons. The molecule has 0 saturated carbocycles. The first-order valence-electron chi connectivity index (χ1n) is 21.2. The van der Waals surface area contributed by atoms with Gasteiger partial charge in [-0.1, -0.05) is 84.9 Å². The van der Waals surface area contributed by atoms with E-state index in [2.05, 4.69) is 166 Å².